The number of halogens is 2. The van der Waals surface area contributed by atoms with Crippen LogP contribution in [0, 0.1) is 13.8 Å². The van der Waals surface area contributed by atoms with Gasteiger partial charge in [0, 0.05) is 21.2 Å². The Morgan fingerprint density at radius 3 is 2.34 bits per heavy atom. The topological polar surface area (TPSA) is 41.9 Å². The van der Waals surface area contributed by atoms with Gasteiger partial charge in [-0.3, -0.25) is 9.69 Å². The van der Waals surface area contributed by atoms with Gasteiger partial charge >= 0.3 is 0 Å². The Morgan fingerprint density at radius 1 is 0.895 bits per heavy atom. The molecule has 4 aromatic rings. The number of amidine groups is 1. The highest BCUT2D eigenvalue weighted by Gasteiger charge is 2.35. The summed E-state index contributed by atoms with van der Waals surface area (Å²) in [5.74, 6) is 0.507. The molecule has 0 aliphatic carbocycles. The highest BCUT2D eigenvalue weighted by atomic mass is 35.5. The molecule has 1 saturated heterocycles. The minimum absolute atomic E-state index is 0.137. The molecule has 38 heavy (non-hydrogen) atoms. The number of aryl methyl sites for hydroxylation is 2. The van der Waals surface area contributed by atoms with Gasteiger partial charge in [-0.25, -0.2) is 4.99 Å². The summed E-state index contributed by atoms with van der Waals surface area (Å²) in [5.41, 5.74) is 5.35. The molecule has 0 aromatic heterocycles. The van der Waals surface area contributed by atoms with Gasteiger partial charge in [0.25, 0.3) is 5.91 Å². The number of para-hydroxylation sites is 3. The quantitative estimate of drug-likeness (QED) is 0.222. The standard InChI is InChI=1S/C31H24Cl2N2O2S/c1-20-9-8-10-21(2)29(20)34-31-35(25-12-4-3-5-13-25)30(36)28(38-31)17-22-11-6-7-14-27(22)37-19-23-15-16-24(32)18-26(23)33/h3-18H,19H2,1-2H3/b28-17+,34-31?. The van der Waals surface area contributed by atoms with Gasteiger partial charge in [0.1, 0.15) is 12.4 Å². The van der Waals surface area contributed by atoms with Gasteiger partial charge in [0.2, 0.25) is 0 Å². The first-order valence-corrected chi connectivity index (χ1v) is 13.6. The third kappa shape index (κ3) is 5.65. The van der Waals surface area contributed by atoms with Gasteiger partial charge in [-0.15, -0.1) is 0 Å². The molecule has 0 radical (unpaired) electrons. The number of nitrogens with zero attached hydrogens (tertiary/aromatic N) is 2. The van der Waals surface area contributed by atoms with Crippen LogP contribution in [0.25, 0.3) is 6.08 Å². The minimum Gasteiger partial charge on any atom is -0.488 e. The van der Waals surface area contributed by atoms with Crippen LogP contribution >= 0.6 is 35.0 Å². The van der Waals surface area contributed by atoms with E-state index in [0.29, 0.717) is 25.9 Å². The Kier molecular flexibility index (Phi) is 7.89. The molecule has 0 N–H and O–H groups in total. The third-order valence-corrected chi connectivity index (χ3v) is 7.63. The number of amides is 1. The molecule has 0 unspecified atom stereocenters. The van der Waals surface area contributed by atoms with Gasteiger partial charge in [-0.1, -0.05) is 83.9 Å². The van der Waals surface area contributed by atoms with E-state index in [4.69, 9.17) is 32.9 Å². The normalized spacial score (nSPS) is 15.5. The molecule has 4 nitrogen and oxygen atoms in total. The Hall–Kier alpha value is -3.51. The largest absolute Gasteiger partial charge is 0.488 e. The van der Waals surface area contributed by atoms with Crippen LogP contribution in [0.4, 0.5) is 11.4 Å². The van der Waals surface area contributed by atoms with Crippen molar-refractivity contribution in [2.75, 3.05) is 4.90 Å². The van der Waals surface area contributed by atoms with Gasteiger partial charge in [0.15, 0.2) is 5.17 Å². The molecule has 4 aromatic carbocycles. The number of thioether (sulfide) groups is 1. The highest BCUT2D eigenvalue weighted by molar-refractivity contribution is 8.19. The number of carbonyl (C=O) groups is 1. The van der Waals surface area contributed by atoms with E-state index in [1.165, 1.54) is 11.8 Å². The minimum atomic E-state index is -0.137. The van der Waals surface area contributed by atoms with Crippen LogP contribution < -0.4 is 9.64 Å². The molecule has 0 spiro atoms. The van der Waals surface area contributed by atoms with Crippen LogP contribution in [0.5, 0.6) is 5.75 Å². The van der Waals surface area contributed by atoms with Crippen molar-refractivity contribution in [3.8, 4) is 5.75 Å². The van der Waals surface area contributed by atoms with Crippen molar-refractivity contribution < 1.29 is 9.53 Å². The molecular formula is C31H24Cl2N2O2S. The molecule has 1 heterocycles. The summed E-state index contributed by atoms with van der Waals surface area (Å²) in [6.45, 7) is 4.32. The number of hydrogen-bond donors (Lipinski definition) is 0. The molecule has 7 heteroatoms. The van der Waals surface area contributed by atoms with E-state index in [1.54, 1.807) is 17.0 Å². The zero-order valence-corrected chi connectivity index (χ0v) is 23.1. The second-order valence-corrected chi connectivity index (χ2v) is 10.6. The van der Waals surface area contributed by atoms with Crippen molar-refractivity contribution >= 4 is 63.5 Å². The van der Waals surface area contributed by atoms with Crippen LogP contribution in [0.2, 0.25) is 10.0 Å². The molecule has 1 amide bonds. The Morgan fingerprint density at radius 2 is 1.61 bits per heavy atom. The van der Waals surface area contributed by atoms with Crippen molar-refractivity contribution in [3.63, 3.8) is 0 Å². The summed E-state index contributed by atoms with van der Waals surface area (Å²) in [6.07, 6.45) is 1.86. The summed E-state index contributed by atoms with van der Waals surface area (Å²) < 4.78 is 6.12. The van der Waals surface area contributed by atoms with Crippen molar-refractivity contribution in [2.24, 2.45) is 4.99 Å². The lowest BCUT2D eigenvalue weighted by molar-refractivity contribution is -0.113. The first kappa shape index (κ1) is 26.1. The second kappa shape index (κ2) is 11.5. The second-order valence-electron chi connectivity index (χ2n) is 8.78. The monoisotopic (exact) mass is 558 g/mol. The average Bonchev–Trinajstić information content (AvgIpc) is 3.21. The fourth-order valence-electron chi connectivity index (χ4n) is 4.10. The molecule has 0 bridgehead atoms. The fraction of sp³-hybridized carbons (Fsp3) is 0.0968. The molecule has 1 fully saturated rings. The number of benzene rings is 4. The lowest BCUT2D eigenvalue weighted by Crippen LogP contribution is -2.28. The first-order valence-electron chi connectivity index (χ1n) is 12.0. The Labute approximate surface area is 236 Å². The number of carbonyl (C=O) groups excluding carboxylic acids is 1. The zero-order valence-electron chi connectivity index (χ0n) is 20.8. The predicted octanol–water partition coefficient (Wildman–Crippen LogP) is 9.00. The predicted molar refractivity (Wildman–Crippen MR) is 160 cm³/mol. The summed E-state index contributed by atoms with van der Waals surface area (Å²) >= 11 is 13.7. The number of hydrogen-bond acceptors (Lipinski definition) is 4. The van der Waals surface area contributed by atoms with Crippen LogP contribution in [-0.4, -0.2) is 11.1 Å². The molecule has 0 saturated carbocycles. The van der Waals surface area contributed by atoms with Gasteiger partial charge in [0.05, 0.1) is 16.3 Å². The van der Waals surface area contributed by atoms with E-state index in [2.05, 4.69) is 0 Å². The third-order valence-electron chi connectivity index (χ3n) is 6.07. The van der Waals surface area contributed by atoms with Gasteiger partial charge in [-0.2, -0.15) is 0 Å². The van der Waals surface area contributed by atoms with E-state index in [1.807, 2.05) is 98.8 Å². The maximum Gasteiger partial charge on any atom is 0.271 e. The number of ether oxygens (including phenoxy) is 1. The smallest absolute Gasteiger partial charge is 0.271 e. The van der Waals surface area contributed by atoms with Crippen molar-refractivity contribution in [3.05, 3.63) is 128 Å². The molecular weight excluding hydrogens is 535 g/mol. The van der Waals surface area contributed by atoms with Crippen LogP contribution in [0.1, 0.15) is 22.3 Å². The number of anilines is 1. The fourth-order valence-corrected chi connectivity index (χ4v) is 5.54. The molecule has 5 rings (SSSR count). The molecule has 190 valence electrons. The summed E-state index contributed by atoms with van der Waals surface area (Å²) in [5, 5.41) is 1.72. The lowest BCUT2D eigenvalue weighted by atomic mass is 10.1. The molecule has 1 aliphatic heterocycles. The summed E-state index contributed by atoms with van der Waals surface area (Å²) in [7, 11) is 0. The number of aliphatic imine (C=N–C) groups is 1. The van der Waals surface area contributed by atoms with E-state index >= 15 is 0 Å². The van der Waals surface area contributed by atoms with Crippen molar-refractivity contribution in [1.29, 1.82) is 0 Å². The summed E-state index contributed by atoms with van der Waals surface area (Å²) in [4.78, 5) is 20.9. The van der Waals surface area contributed by atoms with E-state index in [9.17, 15) is 4.79 Å². The number of rotatable bonds is 6. The van der Waals surface area contributed by atoms with E-state index in [-0.39, 0.29) is 12.5 Å². The Bertz CT molecular complexity index is 1550. The molecule has 0 atom stereocenters. The van der Waals surface area contributed by atoms with Crippen LogP contribution in [-0.2, 0) is 11.4 Å². The summed E-state index contributed by atoms with van der Waals surface area (Å²) in [6, 6.07) is 28.6. The maximum atomic E-state index is 13.7. The highest BCUT2D eigenvalue weighted by Crippen LogP contribution is 2.39. The van der Waals surface area contributed by atoms with Gasteiger partial charge in [-0.05, 0) is 73.1 Å². The average molecular weight is 560 g/mol. The van der Waals surface area contributed by atoms with Crippen LogP contribution in [0.3, 0.4) is 0 Å². The lowest BCUT2D eigenvalue weighted by Gasteiger charge is -2.16. The first-order chi connectivity index (χ1) is 18.4. The molecule has 1 aliphatic rings. The van der Waals surface area contributed by atoms with Crippen molar-refractivity contribution in [1.82, 2.24) is 0 Å². The van der Waals surface area contributed by atoms with E-state index in [0.717, 1.165) is 33.6 Å². The van der Waals surface area contributed by atoms with Crippen molar-refractivity contribution in [2.45, 2.75) is 20.5 Å². The van der Waals surface area contributed by atoms with Gasteiger partial charge < -0.3 is 4.74 Å². The van der Waals surface area contributed by atoms with Crippen LogP contribution in [0.15, 0.2) is 101 Å². The maximum absolute atomic E-state index is 13.7. The SMILES string of the molecule is Cc1cccc(C)c1N=C1S/C(=C/c2ccccc2OCc2ccc(Cl)cc2Cl)C(=O)N1c1ccccc1. The zero-order chi connectivity index (χ0) is 26.6. The van der Waals surface area contributed by atoms with E-state index < -0.39 is 0 Å². The Balaban J connectivity index is 1.50.